The van der Waals surface area contributed by atoms with Crippen molar-refractivity contribution in [2.75, 3.05) is 7.11 Å². The molecule has 0 saturated heterocycles. The Morgan fingerprint density at radius 1 is 1.38 bits per heavy atom. The van der Waals surface area contributed by atoms with E-state index in [0.29, 0.717) is 5.75 Å². The number of halogens is 1. The van der Waals surface area contributed by atoms with Crippen LogP contribution >= 0.6 is 15.9 Å². The molecule has 0 aliphatic carbocycles. The van der Waals surface area contributed by atoms with Gasteiger partial charge in [0.05, 0.1) is 18.8 Å². The Balaban J connectivity index is 1.66. The van der Waals surface area contributed by atoms with Crippen molar-refractivity contribution in [3.63, 3.8) is 0 Å². The zero-order valence-electron chi connectivity index (χ0n) is 12.8. The fraction of sp³-hybridized carbons (Fsp3) is 0.125. The Bertz CT molecular complexity index is 906. The molecule has 1 aromatic heterocycles. The molecule has 8 heteroatoms. The third kappa shape index (κ3) is 3.60. The maximum Gasteiger partial charge on any atom is 0.261 e. The number of carbonyl (C=O) groups is 1. The monoisotopic (exact) mass is 387 g/mol. The summed E-state index contributed by atoms with van der Waals surface area (Å²) in [6.45, 7) is 0.0352. The molecule has 3 aromatic rings. The highest BCUT2D eigenvalue weighted by Crippen LogP contribution is 2.21. The molecule has 0 aliphatic rings. The number of hydrogen-bond donors (Lipinski definition) is 1. The van der Waals surface area contributed by atoms with Gasteiger partial charge in [-0.15, -0.1) is 5.10 Å². The van der Waals surface area contributed by atoms with Crippen LogP contribution in [0.1, 0.15) is 5.56 Å². The van der Waals surface area contributed by atoms with Crippen LogP contribution in [0.25, 0.3) is 11.0 Å². The fourth-order valence-electron chi connectivity index (χ4n) is 2.19. The number of benzene rings is 2. The van der Waals surface area contributed by atoms with Crippen molar-refractivity contribution < 1.29 is 9.53 Å². The number of nitrogens with zero attached hydrogens (tertiary/aromatic N) is 4. The quantitative estimate of drug-likeness (QED) is 0.538. The van der Waals surface area contributed by atoms with Crippen LogP contribution in [0.5, 0.6) is 5.75 Å². The standard InChI is InChI=1S/C16H14BrN5O2/c1-24-15-7-6-12(17)8-11(15)9-18-20-16(23)10-22-14-5-3-2-4-13(14)19-21-22/h2-9H,10H2,1H3,(H,20,23)/b18-9-. The Morgan fingerprint density at radius 2 is 2.21 bits per heavy atom. The summed E-state index contributed by atoms with van der Waals surface area (Å²) in [6, 6.07) is 13.0. The van der Waals surface area contributed by atoms with Gasteiger partial charge < -0.3 is 4.74 Å². The summed E-state index contributed by atoms with van der Waals surface area (Å²) >= 11 is 3.39. The summed E-state index contributed by atoms with van der Waals surface area (Å²) in [5, 5.41) is 11.9. The van der Waals surface area contributed by atoms with Crippen molar-refractivity contribution in [2.24, 2.45) is 5.10 Å². The molecule has 0 fully saturated rings. The van der Waals surface area contributed by atoms with E-state index in [1.807, 2.05) is 42.5 Å². The third-order valence-electron chi connectivity index (χ3n) is 3.30. The van der Waals surface area contributed by atoms with E-state index < -0.39 is 0 Å². The minimum atomic E-state index is -0.295. The van der Waals surface area contributed by atoms with Crippen LogP contribution in [0.4, 0.5) is 0 Å². The van der Waals surface area contributed by atoms with Crippen molar-refractivity contribution >= 4 is 39.1 Å². The lowest BCUT2D eigenvalue weighted by Crippen LogP contribution is -2.23. The van der Waals surface area contributed by atoms with Crippen LogP contribution in [0.15, 0.2) is 52.0 Å². The highest BCUT2D eigenvalue weighted by Gasteiger charge is 2.07. The predicted molar refractivity (Wildman–Crippen MR) is 94.0 cm³/mol. The Hall–Kier alpha value is -2.74. The second-order valence-electron chi connectivity index (χ2n) is 4.92. The largest absolute Gasteiger partial charge is 0.496 e. The molecule has 0 atom stereocenters. The molecule has 24 heavy (non-hydrogen) atoms. The number of fused-ring (bicyclic) bond motifs is 1. The Kier molecular flexibility index (Phi) is 4.85. The summed E-state index contributed by atoms with van der Waals surface area (Å²) in [5.74, 6) is 0.370. The van der Waals surface area contributed by atoms with Crippen LogP contribution in [0, 0.1) is 0 Å². The highest BCUT2D eigenvalue weighted by molar-refractivity contribution is 9.10. The Labute approximate surface area is 146 Å². The van der Waals surface area contributed by atoms with Crippen LogP contribution in [-0.2, 0) is 11.3 Å². The summed E-state index contributed by atoms with van der Waals surface area (Å²) in [7, 11) is 1.58. The Morgan fingerprint density at radius 3 is 3.04 bits per heavy atom. The minimum Gasteiger partial charge on any atom is -0.496 e. The van der Waals surface area contributed by atoms with Gasteiger partial charge >= 0.3 is 0 Å². The summed E-state index contributed by atoms with van der Waals surface area (Å²) in [6.07, 6.45) is 1.53. The molecule has 0 unspecified atom stereocenters. The summed E-state index contributed by atoms with van der Waals surface area (Å²) in [4.78, 5) is 12.0. The van der Waals surface area contributed by atoms with Gasteiger partial charge in [-0.3, -0.25) is 4.79 Å². The normalized spacial score (nSPS) is 11.1. The number of carbonyl (C=O) groups excluding carboxylic acids is 1. The second-order valence-corrected chi connectivity index (χ2v) is 5.83. The molecule has 2 aromatic carbocycles. The van der Waals surface area contributed by atoms with Gasteiger partial charge in [-0.1, -0.05) is 33.3 Å². The van der Waals surface area contributed by atoms with Crippen molar-refractivity contribution in [3.8, 4) is 5.75 Å². The van der Waals surface area contributed by atoms with Gasteiger partial charge in [0.1, 0.15) is 17.8 Å². The molecule has 1 amide bonds. The first-order chi connectivity index (χ1) is 11.7. The lowest BCUT2D eigenvalue weighted by atomic mass is 10.2. The molecule has 0 aliphatic heterocycles. The first kappa shape index (κ1) is 16.1. The molecule has 3 rings (SSSR count). The van der Waals surface area contributed by atoms with Gasteiger partial charge in [0.2, 0.25) is 0 Å². The molecule has 7 nitrogen and oxygen atoms in total. The van der Waals surface area contributed by atoms with Gasteiger partial charge in [0.15, 0.2) is 0 Å². The molecule has 122 valence electrons. The number of methoxy groups -OCH3 is 1. The number of para-hydroxylation sites is 1. The van der Waals surface area contributed by atoms with Crippen molar-refractivity contribution in [1.82, 2.24) is 20.4 Å². The number of rotatable bonds is 5. The third-order valence-corrected chi connectivity index (χ3v) is 3.79. The summed E-state index contributed by atoms with van der Waals surface area (Å²) < 4.78 is 7.67. The van der Waals surface area contributed by atoms with E-state index in [0.717, 1.165) is 21.1 Å². The average molecular weight is 388 g/mol. The molecule has 1 N–H and O–H groups in total. The lowest BCUT2D eigenvalue weighted by molar-refractivity contribution is -0.121. The maximum atomic E-state index is 12.0. The van der Waals surface area contributed by atoms with Gasteiger partial charge in [-0.25, -0.2) is 10.1 Å². The van der Waals surface area contributed by atoms with Gasteiger partial charge in [0.25, 0.3) is 5.91 Å². The SMILES string of the molecule is COc1ccc(Br)cc1/C=N\NC(=O)Cn1nnc2ccccc21. The first-order valence-electron chi connectivity index (χ1n) is 7.11. The molecule has 0 radical (unpaired) electrons. The highest BCUT2D eigenvalue weighted by atomic mass is 79.9. The van der Waals surface area contributed by atoms with Crippen LogP contribution in [0.2, 0.25) is 0 Å². The number of hydrogen-bond acceptors (Lipinski definition) is 5. The molecular formula is C16H14BrN5O2. The zero-order chi connectivity index (χ0) is 16.9. The van der Waals surface area contributed by atoms with Gasteiger partial charge in [0, 0.05) is 10.0 Å². The smallest absolute Gasteiger partial charge is 0.261 e. The van der Waals surface area contributed by atoms with Gasteiger partial charge in [-0.05, 0) is 30.3 Å². The maximum absolute atomic E-state index is 12.0. The van der Waals surface area contributed by atoms with E-state index in [1.165, 1.54) is 10.9 Å². The first-order valence-corrected chi connectivity index (χ1v) is 7.90. The lowest BCUT2D eigenvalue weighted by Gasteiger charge is -2.05. The van der Waals surface area contributed by atoms with Crippen molar-refractivity contribution in [1.29, 1.82) is 0 Å². The van der Waals surface area contributed by atoms with E-state index in [1.54, 1.807) is 7.11 Å². The van der Waals surface area contributed by atoms with Crippen LogP contribution in [-0.4, -0.2) is 34.2 Å². The minimum absolute atomic E-state index is 0.0352. The van der Waals surface area contributed by atoms with Crippen LogP contribution in [0.3, 0.4) is 0 Å². The number of nitrogens with one attached hydrogen (secondary N) is 1. The van der Waals surface area contributed by atoms with E-state index in [4.69, 9.17) is 4.74 Å². The average Bonchev–Trinajstić information content (AvgIpc) is 2.98. The topological polar surface area (TPSA) is 81.4 Å². The summed E-state index contributed by atoms with van der Waals surface area (Å²) in [5.41, 5.74) is 4.76. The molecule has 0 spiro atoms. The zero-order valence-corrected chi connectivity index (χ0v) is 14.4. The molecule has 0 bridgehead atoms. The van der Waals surface area contributed by atoms with E-state index >= 15 is 0 Å². The van der Waals surface area contributed by atoms with Crippen molar-refractivity contribution in [2.45, 2.75) is 6.54 Å². The molecule has 1 heterocycles. The van der Waals surface area contributed by atoms with Crippen molar-refractivity contribution in [3.05, 3.63) is 52.5 Å². The number of aromatic nitrogens is 3. The van der Waals surface area contributed by atoms with Crippen LogP contribution < -0.4 is 10.2 Å². The fourth-order valence-corrected chi connectivity index (χ4v) is 2.56. The van der Waals surface area contributed by atoms with E-state index in [2.05, 4.69) is 36.8 Å². The molecule has 0 saturated carbocycles. The number of ether oxygens (including phenoxy) is 1. The second kappa shape index (κ2) is 7.22. The molecular weight excluding hydrogens is 374 g/mol. The number of amides is 1. The van der Waals surface area contributed by atoms with E-state index in [9.17, 15) is 4.79 Å². The predicted octanol–water partition coefficient (Wildman–Crippen LogP) is 2.35. The van der Waals surface area contributed by atoms with E-state index in [-0.39, 0.29) is 12.5 Å². The number of hydrazone groups is 1. The van der Waals surface area contributed by atoms with Gasteiger partial charge in [-0.2, -0.15) is 5.10 Å².